The Labute approximate surface area is 173 Å². The smallest absolute Gasteiger partial charge is 0.411 e. The molecule has 7 nitrogen and oxygen atoms in total. The van der Waals surface area contributed by atoms with Gasteiger partial charge in [0, 0.05) is 30.9 Å². The Morgan fingerprint density at radius 1 is 1.07 bits per heavy atom. The van der Waals surface area contributed by atoms with E-state index in [0.717, 1.165) is 30.2 Å². The van der Waals surface area contributed by atoms with Crippen LogP contribution in [0.5, 0.6) is 0 Å². The molecule has 1 N–H and O–H groups in total. The van der Waals surface area contributed by atoms with Crippen LogP contribution in [0.3, 0.4) is 0 Å². The maximum atomic E-state index is 13.1. The lowest BCUT2D eigenvalue weighted by molar-refractivity contribution is 0.0632. The molecule has 152 valence electrons. The molecule has 7 heteroatoms. The Balaban J connectivity index is 1.19. The fraction of sp³-hybridized carbons (Fsp3) is 0.348. The van der Waals surface area contributed by atoms with Gasteiger partial charge >= 0.3 is 6.09 Å². The number of likely N-dealkylation sites (tertiary alicyclic amines) is 1. The van der Waals surface area contributed by atoms with E-state index >= 15 is 0 Å². The van der Waals surface area contributed by atoms with E-state index in [4.69, 9.17) is 4.74 Å². The van der Waals surface area contributed by atoms with E-state index in [1.165, 1.54) is 11.1 Å². The summed E-state index contributed by atoms with van der Waals surface area (Å²) in [5.74, 6) is -0.0565. The van der Waals surface area contributed by atoms with Crippen LogP contribution in [-0.4, -0.2) is 57.2 Å². The quantitative estimate of drug-likeness (QED) is 0.714. The fourth-order valence-electron chi connectivity index (χ4n) is 5.28. The number of carbonyl (C=O) groups excluding carboxylic acids is 2. The highest BCUT2D eigenvalue weighted by molar-refractivity contribution is 6.04. The summed E-state index contributed by atoms with van der Waals surface area (Å²) in [6.45, 7) is 1.21. The summed E-state index contributed by atoms with van der Waals surface area (Å²) < 4.78 is 5.71. The second kappa shape index (κ2) is 6.58. The first-order chi connectivity index (χ1) is 14.7. The highest BCUT2D eigenvalue weighted by Crippen LogP contribution is 2.44. The van der Waals surface area contributed by atoms with E-state index < -0.39 is 0 Å². The monoisotopic (exact) mass is 402 g/mol. The molecule has 3 aromatic rings. The van der Waals surface area contributed by atoms with E-state index in [1.807, 2.05) is 46.2 Å². The average molecular weight is 402 g/mol. The molecule has 2 unspecified atom stereocenters. The predicted octanol–water partition coefficient (Wildman–Crippen LogP) is 3.29. The molecule has 0 spiro atoms. The van der Waals surface area contributed by atoms with Gasteiger partial charge in [-0.05, 0) is 30.0 Å². The average Bonchev–Trinajstić information content (AvgIpc) is 3.44. The van der Waals surface area contributed by atoms with E-state index in [2.05, 4.69) is 22.3 Å². The van der Waals surface area contributed by atoms with Gasteiger partial charge in [-0.3, -0.25) is 14.8 Å². The van der Waals surface area contributed by atoms with Crippen molar-refractivity contribution in [3.63, 3.8) is 0 Å². The van der Waals surface area contributed by atoms with Crippen LogP contribution in [0.1, 0.15) is 40.5 Å². The van der Waals surface area contributed by atoms with E-state index in [9.17, 15) is 9.59 Å². The number of H-pyrrole nitrogens is 1. The number of hydrogen-bond donors (Lipinski definition) is 1. The number of aromatic amines is 1. The Morgan fingerprint density at radius 2 is 1.83 bits per heavy atom. The van der Waals surface area contributed by atoms with Crippen LogP contribution in [0.25, 0.3) is 10.9 Å². The maximum Gasteiger partial charge on any atom is 0.411 e. The number of carbonyl (C=O) groups is 2. The molecule has 6 rings (SSSR count). The minimum Gasteiger partial charge on any atom is -0.443 e. The molecule has 1 aliphatic carbocycles. The number of amides is 2. The highest BCUT2D eigenvalue weighted by atomic mass is 16.6. The molecule has 0 bridgehead atoms. The first-order valence-electron chi connectivity index (χ1n) is 10.5. The number of hydrogen-bond acceptors (Lipinski definition) is 4. The van der Waals surface area contributed by atoms with Crippen molar-refractivity contribution in [2.75, 3.05) is 13.1 Å². The minimum atomic E-state index is -0.220. The van der Waals surface area contributed by atoms with Gasteiger partial charge in [-0.1, -0.05) is 42.5 Å². The third-order valence-electron chi connectivity index (χ3n) is 6.73. The van der Waals surface area contributed by atoms with Gasteiger partial charge in [0.15, 0.2) is 5.69 Å². The van der Waals surface area contributed by atoms with Crippen molar-refractivity contribution in [1.82, 2.24) is 20.0 Å². The SMILES string of the molecule is O=C(c1n[nH]c2ccccc12)N1CCC(N2C(=O)OC3Cc4ccccc4C32)CC1. The van der Waals surface area contributed by atoms with Crippen LogP contribution in [0, 0.1) is 0 Å². The van der Waals surface area contributed by atoms with Gasteiger partial charge in [-0.15, -0.1) is 0 Å². The maximum absolute atomic E-state index is 13.1. The van der Waals surface area contributed by atoms with Gasteiger partial charge < -0.3 is 9.64 Å². The number of piperidine rings is 1. The number of nitrogens with one attached hydrogen (secondary N) is 1. The zero-order valence-corrected chi connectivity index (χ0v) is 16.5. The van der Waals surface area contributed by atoms with Crippen molar-refractivity contribution in [3.05, 3.63) is 65.4 Å². The molecule has 0 saturated carbocycles. The molecule has 0 radical (unpaired) electrons. The predicted molar refractivity (Wildman–Crippen MR) is 110 cm³/mol. The molecule has 2 atom stereocenters. The number of aromatic nitrogens is 2. The Kier molecular flexibility index (Phi) is 3.84. The zero-order chi connectivity index (χ0) is 20.2. The topological polar surface area (TPSA) is 78.5 Å². The number of para-hydroxylation sites is 1. The van der Waals surface area contributed by atoms with Crippen LogP contribution < -0.4 is 0 Å². The lowest BCUT2D eigenvalue weighted by Gasteiger charge is -2.37. The second-order valence-corrected chi connectivity index (χ2v) is 8.32. The number of nitrogens with zero attached hydrogens (tertiary/aromatic N) is 3. The lowest BCUT2D eigenvalue weighted by atomic mass is 9.99. The van der Waals surface area contributed by atoms with Crippen molar-refractivity contribution < 1.29 is 14.3 Å². The third kappa shape index (κ3) is 2.54. The molecule has 2 fully saturated rings. The standard InChI is InChI=1S/C23H22N4O3/c28-22(20-17-7-3-4-8-18(17)24-25-20)26-11-9-15(10-12-26)27-21-16-6-2-1-5-14(16)13-19(21)30-23(27)29/h1-8,15,19,21H,9-13H2,(H,24,25). The first-order valence-corrected chi connectivity index (χ1v) is 10.5. The van der Waals surface area contributed by atoms with Crippen molar-refractivity contribution in [3.8, 4) is 0 Å². The van der Waals surface area contributed by atoms with Crippen molar-refractivity contribution in [2.24, 2.45) is 0 Å². The minimum absolute atomic E-state index is 0.00349. The third-order valence-corrected chi connectivity index (χ3v) is 6.73. The summed E-state index contributed by atoms with van der Waals surface area (Å²) in [4.78, 5) is 29.5. The number of rotatable bonds is 2. The Morgan fingerprint density at radius 3 is 2.70 bits per heavy atom. The first kappa shape index (κ1) is 17.5. The van der Waals surface area contributed by atoms with Gasteiger partial charge in [-0.2, -0.15) is 5.10 Å². The largest absolute Gasteiger partial charge is 0.443 e. The summed E-state index contributed by atoms with van der Waals surface area (Å²) in [7, 11) is 0. The second-order valence-electron chi connectivity index (χ2n) is 8.32. The van der Waals surface area contributed by atoms with Crippen LogP contribution in [0.15, 0.2) is 48.5 Å². The Hall–Kier alpha value is -3.35. The van der Waals surface area contributed by atoms with Crippen LogP contribution >= 0.6 is 0 Å². The fourth-order valence-corrected chi connectivity index (χ4v) is 5.28. The molecule has 3 heterocycles. The van der Waals surface area contributed by atoms with Crippen molar-refractivity contribution in [1.29, 1.82) is 0 Å². The normalized spacial score (nSPS) is 23.5. The lowest BCUT2D eigenvalue weighted by Crippen LogP contribution is -2.48. The molecule has 2 saturated heterocycles. The summed E-state index contributed by atoms with van der Waals surface area (Å²) in [5, 5.41) is 8.03. The molecule has 2 aliphatic heterocycles. The number of fused-ring (bicyclic) bond motifs is 4. The summed E-state index contributed by atoms with van der Waals surface area (Å²) in [5.41, 5.74) is 3.80. The van der Waals surface area contributed by atoms with Gasteiger partial charge in [0.2, 0.25) is 0 Å². The molecule has 30 heavy (non-hydrogen) atoms. The number of ether oxygens (including phenoxy) is 1. The van der Waals surface area contributed by atoms with Crippen molar-refractivity contribution >= 4 is 22.9 Å². The molecule has 3 aliphatic rings. The van der Waals surface area contributed by atoms with Crippen LogP contribution in [0.2, 0.25) is 0 Å². The van der Waals surface area contributed by atoms with Gasteiger partial charge in [0.1, 0.15) is 6.10 Å². The van der Waals surface area contributed by atoms with E-state index in [-0.39, 0.29) is 30.2 Å². The molecule has 2 aromatic carbocycles. The number of benzene rings is 2. The summed E-state index contributed by atoms with van der Waals surface area (Å²) >= 11 is 0. The summed E-state index contributed by atoms with van der Waals surface area (Å²) in [6.07, 6.45) is 1.96. The van der Waals surface area contributed by atoms with Crippen molar-refractivity contribution in [2.45, 2.75) is 37.5 Å². The van der Waals surface area contributed by atoms with E-state index in [0.29, 0.717) is 18.8 Å². The zero-order valence-electron chi connectivity index (χ0n) is 16.5. The van der Waals surface area contributed by atoms with E-state index in [1.54, 1.807) is 0 Å². The van der Waals surface area contributed by atoms with Gasteiger partial charge in [0.25, 0.3) is 5.91 Å². The summed E-state index contributed by atoms with van der Waals surface area (Å²) in [6, 6.07) is 16.0. The van der Waals surface area contributed by atoms with Crippen LogP contribution in [0.4, 0.5) is 4.79 Å². The highest BCUT2D eigenvalue weighted by Gasteiger charge is 2.50. The van der Waals surface area contributed by atoms with Gasteiger partial charge in [0.05, 0.1) is 11.6 Å². The molecular weight excluding hydrogens is 380 g/mol. The molecular formula is C23H22N4O3. The molecule has 2 amide bonds. The van der Waals surface area contributed by atoms with Crippen LogP contribution in [-0.2, 0) is 11.2 Å². The Bertz CT molecular complexity index is 1150. The molecule has 1 aromatic heterocycles. The van der Waals surface area contributed by atoms with Gasteiger partial charge in [-0.25, -0.2) is 4.79 Å².